The Morgan fingerprint density at radius 2 is 1.55 bits per heavy atom. The largest absolute Gasteiger partial charge is 0.285 e. The van der Waals surface area contributed by atoms with Crippen molar-refractivity contribution in [1.29, 1.82) is 0 Å². The van der Waals surface area contributed by atoms with Crippen LogP contribution in [0.5, 0.6) is 0 Å². The van der Waals surface area contributed by atoms with Gasteiger partial charge in [0, 0.05) is 11.6 Å². The van der Waals surface area contributed by atoms with E-state index in [0.29, 0.717) is 17.9 Å². The van der Waals surface area contributed by atoms with Crippen molar-refractivity contribution in [3.05, 3.63) is 71.3 Å². The molecule has 0 aliphatic carbocycles. The first-order valence-corrected chi connectivity index (χ1v) is 7.37. The highest BCUT2D eigenvalue weighted by Gasteiger charge is 2.32. The highest BCUT2D eigenvalue weighted by atomic mass is 14.8. The molecular formula is C19H21N. The fourth-order valence-corrected chi connectivity index (χ4v) is 3.22. The summed E-state index contributed by atoms with van der Waals surface area (Å²) >= 11 is 0. The lowest BCUT2D eigenvalue weighted by atomic mass is 9.76. The van der Waals surface area contributed by atoms with E-state index in [1.165, 1.54) is 22.4 Å². The van der Waals surface area contributed by atoms with Crippen LogP contribution < -0.4 is 0 Å². The van der Waals surface area contributed by atoms with Crippen molar-refractivity contribution in [1.82, 2.24) is 0 Å². The Labute approximate surface area is 121 Å². The molecule has 0 N–H and O–H groups in total. The van der Waals surface area contributed by atoms with E-state index in [1.54, 1.807) is 0 Å². The molecule has 0 saturated heterocycles. The molecule has 0 unspecified atom stereocenters. The summed E-state index contributed by atoms with van der Waals surface area (Å²) in [4.78, 5) is 5.00. The van der Waals surface area contributed by atoms with Gasteiger partial charge in [0.1, 0.15) is 0 Å². The zero-order chi connectivity index (χ0) is 14.1. The van der Waals surface area contributed by atoms with Gasteiger partial charge in [-0.05, 0) is 29.5 Å². The Balaban J connectivity index is 2.18. The molecule has 2 atom stereocenters. The summed E-state index contributed by atoms with van der Waals surface area (Å²) in [6.07, 6.45) is 0. The maximum absolute atomic E-state index is 5.00. The number of hydrogen-bond acceptors (Lipinski definition) is 1. The highest BCUT2D eigenvalue weighted by Crippen LogP contribution is 2.38. The van der Waals surface area contributed by atoms with Gasteiger partial charge in [-0.1, -0.05) is 68.4 Å². The smallest absolute Gasteiger partial charge is 0.0635 e. The zero-order valence-corrected chi connectivity index (χ0v) is 12.4. The minimum absolute atomic E-state index is 0.326. The molecule has 0 bridgehead atoms. The van der Waals surface area contributed by atoms with E-state index in [9.17, 15) is 0 Å². The van der Waals surface area contributed by atoms with Crippen molar-refractivity contribution in [3.8, 4) is 0 Å². The molecule has 1 aliphatic rings. The molecule has 0 radical (unpaired) electrons. The van der Waals surface area contributed by atoms with Crippen molar-refractivity contribution in [2.24, 2.45) is 10.9 Å². The van der Waals surface area contributed by atoms with Gasteiger partial charge in [0.2, 0.25) is 0 Å². The van der Waals surface area contributed by atoms with Gasteiger partial charge in [-0.2, -0.15) is 0 Å². The summed E-state index contributed by atoms with van der Waals surface area (Å²) < 4.78 is 0. The molecule has 0 amide bonds. The second kappa shape index (κ2) is 5.24. The van der Waals surface area contributed by atoms with E-state index in [-0.39, 0.29) is 0 Å². The molecule has 20 heavy (non-hydrogen) atoms. The fraction of sp³-hybridized carbons (Fsp3) is 0.316. The summed E-state index contributed by atoms with van der Waals surface area (Å²) in [5.41, 5.74) is 5.27. The van der Waals surface area contributed by atoms with Crippen molar-refractivity contribution in [2.45, 2.75) is 32.7 Å². The highest BCUT2D eigenvalue weighted by molar-refractivity contribution is 6.01. The minimum atomic E-state index is 0.326. The molecule has 1 heterocycles. The Morgan fingerprint density at radius 3 is 2.25 bits per heavy atom. The molecule has 2 aromatic carbocycles. The third-order valence-corrected chi connectivity index (χ3v) is 4.21. The predicted octanol–water partition coefficient (Wildman–Crippen LogP) is 4.67. The van der Waals surface area contributed by atoms with Crippen LogP contribution in [-0.4, -0.2) is 11.8 Å². The van der Waals surface area contributed by atoms with Crippen molar-refractivity contribution in [2.75, 3.05) is 0 Å². The number of aliphatic imine (C=N–C) groups is 1. The van der Waals surface area contributed by atoms with Gasteiger partial charge in [0.05, 0.1) is 6.04 Å². The molecule has 0 aromatic heterocycles. The van der Waals surface area contributed by atoms with E-state index < -0.39 is 0 Å². The SMILES string of the molecule is CC1=N[C@@H](C(C)C)[C@@H](c2ccccc2)c2ccccc21. The van der Waals surface area contributed by atoms with Crippen molar-refractivity contribution >= 4 is 5.71 Å². The van der Waals surface area contributed by atoms with E-state index in [4.69, 9.17) is 4.99 Å². The first kappa shape index (κ1) is 13.1. The molecule has 2 aromatic rings. The van der Waals surface area contributed by atoms with Crippen LogP contribution in [0.1, 0.15) is 43.4 Å². The molecular weight excluding hydrogens is 242 g/mol. The Hall–Kier alpha value is -1.89. The second-order valence-electron chi connectivity index (χ2n) is 5.92. The van der Waals surface area contributed by atoms with E-state index in [0.717, 1.165) is 0 Å². The van der Waals surface area contributed by atoms with Crippen LogP contribution in [0.15, 0.2) is 59.6 Å². The van der Waals surface area contributed by atoms with Crippen LogP contribution in [0.2, 0.25) is 0 Å². The fourth-order valence-electron chi connectivity index (χ4n) is 3.22. The minimum Gasteiger partial charge on any atom is -0.285 e. The topological polar surface area (TPSA) is 12.4 Å². The van der Waals surface area contributed by atoms with Crippen LogP contribution >= 0.6 is 0 Å². The summed E-state index contributed by atoms with van der Waals surface area (Å²) in [5.74, 6) is 0.902. The number of rotatable bonds is 2. The quantitative estimate of drug-likeness (QED) is 0.747. The van der Waals surface area contributed by atoms with Crippen LogP contribution in [0.3, 0.4) is 0 Å². The number of benzene rings is 2. The lowest BCUT2D eigenvalue weighted by molar-refractivity contribution is 0.447. The maximum Gasteiger partial charge on any atom is 0.0635 e. The molecule has 0 fully saturated rings. The maximum atomic E-state index is 5.00. The van der Waals surface area contributed by atoms with Gasteiger partial charge in [-0.15, -0.1) is 0 Å². The van der Waals surface area contributed by atoms with Gasteiger partial charge in [0.25, 0.3) is 0 Å². The van der Waals surface area contributed by atoms with E-state index >= 15 is 0 Å². The van der Waals surface area contributed by atoms with E-state index in [1.807, 2.05) is 0 Å². The van der Waals surface area contributed by atoms with E-state index in [2.05, 4.69) is 75.4 Å². The van der Waals surface area contributed by atoms with Crippen molar-refractivity contribution < 1.29 is 0 Å². The van der Waals surface area contributed by atoms with Gasteiger partial charge < -0.3 is 0 Å². The Bertz CT molecular complexity index is 625. The standard InChI is InChI=1S/C19H21N/c1-13(2)19-18(15-9-5-4-6-10-15)17-12-8-7-11-16(17)14(3)20-19/h4-13,18-19H,1-3H3/t18-,19-/m0/s1. The molecule has 102 valence electrons. The Morgan fingerprint density at radius 1 is 0.900 bits per heavy atom. The molecule has 3 rings (SSSR count). The van der Waals surface area contributed by atoms with Crippen LogP contribution in [-0.2, 0) is 0 Å². The predicted molar refractivity (Wildman–Crippen MR) is 85.6 cm³/mol. The first-order chi connectivity index (χ1) is 9.68. The van der Waals surface area contributed by atoms with Gasteiger partial charge in [0.15, 0.2) is 0 Å². The normalized spacial score (nSPS) is 21.5. The van der Waals surface area contributed by atoms with Crippen LogP contribution in [0.25, 0.3) is 0 Å². The average Bonchev–Trinajstić information content (AvgIpc) is 2.48. The van der Waals surface area contributed by atoms with Crippen molar-refractivity contribution in [3.63, 3.8) is 0 Å². The summed E-state index contributed by atoms with van der Waals surface area (Å²) in [5, 5.41) is 0. The van der Waals surface area contributed by atoms with Gasteiger partial charge >= 0.3 is 0 Å². The molecule has 1 aliphatic heterocycles. The number of hydrogen-bond donors (Lipinski definition) is 0. The first-order valence-electron chi connectivity index (χ1n) is 7.37. The molecule has 0 saturated carbocycles. The lowest BCUT2D eigenvalue weighted by Crippen LogP contribution is -2.30. The third-order valence-electron chi connectivity index (χ3n) is 4.21. The summed E-state index contributed by atoms with van der Waals surface area (Å²) in [6, 6.07) is 19.8. The second-order valence-corrected chi connectivity index (χ2v) is 5.92. The van der Waals surface area contributed by atoms with Crippen LogP contribution in [0.4, 0.5) is 0 Å². The number of fused-ring (bicyclic) bond motifs is 1. The summed E-state index contributed by atoms with van der Waals surface area (Å²) in [7, 11) is 0. The molecule has 1 heteroatoms. The zero-order valence-electron chi connectivity index (χ0n) is 12.4. The Kier molecular flexibility index (Phi) is 3.43. The average molecular weight is 263 g/mol. The summed E-state index contributed by atoms with van der Waals surface area (Å²) in [6.45, 7) is 6.67. The molecule has 1 nitrogen and oxygen atoms in total. The monoisotopic (exact) mass is 263 g/mol. The van der Waals surface area contributed by atoms with Gasteiger partial charge in [-0.25, -0.2) is 0 Å². The lowest BCUT2D eigenvalue weighted by Gasteiger charge is -2.34. The molecule has 0 spiro atoms. The van der Waals surface area contributed by atoms with Gasteiger partial charge in [-0.3, -0.25) is 4.99 Å². The third kappa shape index (κ3) is 2.18. The number of nitrogens with zero attached hydrogens (tertiary/aromatic N) is 1. The van der Waals surface area contributed by atoms with Crippen LogP contribution in [0, 0.1) is 5.92 Å².